The van der Waals surface area contributed by atoms with Crippen LogP contribution in [0, 0.1) is 0 Å². The maximum Gasteiger partial charge on any atom is 0.266 e. The Morgan fingerprint density at radius 1 is 1.46 bits per heavy atom. The molecule has 2 rings (SSSR count). The SMILES string of the molecule is O=c1cnc2cc(Cl)c(Br)cc2[nH]1. The van der Waals surface area contributed by atoms with E-state index in [-0.39, 0.29) is 5.56 Å². The normalized spacial score (nSPS) is 10.6. The quantitative estimate of drug-likeness (QED) is 0.789. The first-order valence-electron chi connectivity index (χ1n) is 3.51. The molecule has 0 radical (unpaired) electrons. The van der Waals surface area contributed by atoms with Gasteiger partial charge in [0.15, 0.2) is 0 Å². The highest BCUT2D eigenvalue weighted by Crippen LogP contribution is 2.25. The fraction of sp³-hybridized carbons (Fsp3) is 0. The van der Waals surface area contributed by atoms with Crippen molar-refractivity contribution >= 4 is 38.6 Å². The molecule has 0 saturated heterocycles. The van der Waals surface area contributed by atoms with Crippen LogP contribution in [0.25, 0.3) is 11.0 Å². The first kappa shape index (κ1) is 8.72. The summed E-state index contributed by atoms with van der Waals surface area (Å²) in [6, 6.07) is 3.42. The molecule has 0 saturated carbocycles. The molecule has 3 nitrogen and oxygen atoms in total. The number of H-pyrrole nitrogens is 1. The van der Waals surface area contributed by atoms with Gasteiger partial charge in [-0.25, -0.2) is 4.98 Å². The van der Waals surface area contributed by atoms with E-state index in [1.165, 1.54) is 6.20 Å². The van der Waals surface area contributed by atoms with Crippen molar-refractivity contribution in [3.05, 3.63) is 38.2 Å². The summed E-state index contributed by atoms with van der Waals surface area (Å²) in [4.78, 5) is 17.5. The van der Waals surface area contributed by atoms with Gasteiger partial charge in [0.2, 0.25) is 0 Å². The minimum absolute atomic E-state index is 0.221. The van der Waals surface area contributed by atoms with Gasteiger partial charge < -0.3 is 4.98 Å². The number of hydrogen-bond donors (Lipinski definition) is 1. The molecule has 0 fully saturated rings. The second kappa shape index (κ2) is 3.12. The first-order chi connectivity index (χ1) is 6.16. The van der Waals surface area contributed by atoms with Gasteiger partial charge in [-0.15, -0.1) is 0 Å². The lowest BCUT2D eigenvalue weighted by molar-refractivity contribution is 1.22. The van der Waals surface area contributed by atoms with Crippen molar-refractivity contribution in [2.24, 2.45) is 0 Å². The second-order valence-corrected chi connectivity index (χ2v) is 3.79. The van der Waals surface area contributed by atoms with E-state index in [9.17, 15) is 4.79 Å². The molecular weight excluding hydrogens is 255 g/mol. The molecule has 0 amide bonds. The molecule has 1 aromatic heterocycles. The molecule has 0 atom stereocenters. The molecule has 66 valence electrons. The molecule has 1 N–H and O–H groups in total. The average molecular weight is 259 g/mol. The number of nitrogens with zero attached hydrogens (tertiary/aromatic N) is 1. The molecule has 0 aliphatic heterocycles. The van der Waals surface area contributed by atoms with E-state index in [2.05, 4.69) is 25.9 Å². The Morgan fingerprint density at radius 2 is 2.23 bits per heavy atom. The van der Waals surface area contributed by atoms with Crippen LogP contribution in [0.2, 0.25) is 5.02 Å². The molecule has 0 aliphatic carbocycles. The molecule has 0 aliphatic rings. The van der Waals surface area contributed by atoms with E-state index in [1.807, 2.05) is 0 Å². The zero-order chi connectivity index (χ0) is 9.42. The Morgan fingerprint density at radius 3 is 3.00 bits per heavy atom. The maximum atomic E-state index is 10.9. The number of aromatic amines is 1. The van der Waals surface area contributed by atoms with Crippen molar-refractivity contribution in [1.82, 2.24) is 9.97 Å². The average Bonchev–Trinajstić information content (AvgIpc) is 2.08. The number of rotatable bonds is 0. The zero-order valence-electron chi connectivity index (χ0n) is 6.34. The summed E-state index contributed by atoms with van der Waals surface area (Å²) < 4.78 is 0.741. The van der Waals surface area contributed by atoms with Crippen molar-refractivity contribution in [3.8, 4) is 0 Å². The number of halogens is 2. The highest BCUT2D eigenvalue weighted by molar-refractivity contribution is 9.10. The third kappa shape index (κ3) is 1.59. The minimum Gasteiger partial charge on any atom is -0.319 e. The van der Waals surface area contributed by atoms with Crippen molar-refractivity contribution in [2.45, 2.75) is 0 Å². The summed E-state index contributed by atoms with van der Waals surface area (Å²) in [5.41, 5.74) is 1.12. The van der Waals surface area contributed by atoms with Gasteiger partial charge >= 0.3 is 0 Å². The highest BCUT2D eigenvalue weighted by atomic mass is 79.9. The van der Waals surface area contributed by atoms with E-state index in [1.54, 1.807) is 12.1 Å². The summed E-state index contributed by atoms with van der Waals surface area (Å²) >= 11 is 9.11. The largest absolute Gasteiger partial charge is 0.319 e. The molecule has 0 unspecified atom stereocenters. The summed E-state index contributed by atoms with van der Waals surface area (Å²) in [7, 11) is 0. The monoisotopic (exact) mass is 258 g/mol. The van der Waals surface area contributed by atoms with Crippen LogP contribution < -0.4 is 5.56 Å². The van der Waals surface area contributed by atoms with Crippen LogP contribution in [0.3, 0.4) is 0 Å². The zero-order valence-corrected chi connectivity index (χ0v) is 8.69. The fourth-order valence-corrected chi connectivity index (χ4v) is 1.54. The minimum atomic E-state index is -0.221. The summed E-state index contributed by atoms with van der Waals surface area (Å²) in [6.45, 7) is 0. The molecule has 0 bridgehead atoms. The molecule has 13 heavy (non-hydrogen) atoms. The van der Waals surface area contributed by atoms with E-state index >= 15 is 0 Å². The van der Waals surface area contributed by atoms with Gasteiger partial charge in [-0.1, -0.05) is 11.6 Å². The standard InChI is InChI=1S/C8H4BrClN2O/c9-4-1-7-6(2-5(4)10)11-3-8(13)12-7/h1-3H,(H,12,13). The van der Waals surface area contributed by atoms with Gasteiger partial charge in [-0.3, -0.25) is 4.79 Å². The lowest BCUT2D eigenvalue weighted by Crippen LogP contribution is -2.04. The summed E-state index contributed by atoms with van der Waals surface area (Å²) in [6.07, 6.45) is 1.23. The van der Waals surface area contributed by atoms with E-state index in [4.69, 9.17) is 11.6 Å². The number of aromatic nitrogens is 2. The van der Waals surface area contributed by atoms with Crippen LogP contribution in [0.5, 0.6) is 0 Å². The number of hydrogen-bond acceptors (Lipinski definition) is 2. The summed E-state index contributed by atoms with van der Waals surface area (Å²) in [5.74, 6) is 0. The first-order valence-corrected chi connectivity index (χ1v) is 4.68. The third-order valence-corrected chi connectivity index (χ3v) is 2.81. The Kier molecular flexibility index (Phi) is 2.09. The van der Waals surface area contributed by atoms with E-state index < -0.39 is 0 Å². The Labute approximate surface area is 86.9 Å². The van der Waals surface area contributed by atoms with Crippen LogP contribution >= 0.6 is 27.5 Å². The van der Waals surface area contributed by atoms with Gasteiger partial charge in [-0.2, -0.15) is 0 Å². The second-order valence-electron chi connectivity index (χ2n) is 2.53. The van der Waals surface area contributed by atoms with Gasteiger partial charge in [-0.05, 0) is 28.1 Å². The van der Waals surface area contributed by atoms with E-state index in [0.717, 1.165) is 4.47 Å². The predicted octanol–water partition coefficient (Wildman–Crippen LogP) is 2.34. The molecule has 5 heteroatoms. The van der Waals surface area contributed by atoms with E-state index in [0.29, 0.717) is 16.1 Å². The Bertz CT molecular complexity index is 523. The van der Waals surface area contributed by atoms with Gasteiger partial charge in [0.05, 0.1) is 22.3 Å². The molecular formula is C8H4BrClN2O. The summed E-state index contributed by atoms with van der Waals surface area (Å²) in [5, 5.41) is 0.576. The molecule has 2 aromatic rings. The molecule has 0 spiro atoms. The number of nitrogens with one attached hydrogen (secondary N) is 1. The fourth-order valence-electron chi connectivity index (χ4n) is 1.04. The Balaban J connectivity index is 2.89. The maximum absolute atomic E-state index is 10.9. The molecule has 1 heterocycles. The van der Waals surface area contributed by atoms with Gasteiger partial charge in [0.25, 0.3) is 5.56 Å². The van der Waals surface area contributed by atoms with Crippen LogP contribution in [0.15, 0.2) is 27.6 Å². The van der Waals surface area contributed by atoms with Crippen LogP contribution in [0.4, 0.5) is 0 Å². The van der Waals surface area contributed by atoms with Gasteiger partial charge in [0.1, 0.15) is 0 Å². The Hall–Kier alpha value is -0.870. The predicted molar refractivity (Wildman–Crippen MR) is 55.1 cm³/mol. The highest BCUT2D eigenvalue weighted by Gasteiger charge is 2.01. The van der Waals surface area contributed by atoms with Crippen molar-refractivity contribution in [1.29, 1.82) is 0 Å². The number of benzene rings is 1. The van der Waals surface area contributed by atoms with Crippen molar-refractivity contribution in [2.75, 3.05) is 0 Å². The lowest BCUT2D eigenvalue weighted by Gasteiger charge is -1.98. The van der Waals surface area contributed by atoms with Crippen LogP contribution in [0.1, 0.15) is 0 Å². The molecule has 1 aromatic carbocycles. The smallest absolute Gasteiger partial charge is 0.266 e. The van der Waals surface area contributed by atoms with Crippen molar-refractivity contribution in [3.63, 3.8) is 0 Å². The van der Waals surface area contributed by atoms with Crippen LogP contribution in [-0.2, 0) is 0 Å². The van der Waals surface area contributed by atoms with Crippen LogP contribution in [-0.4, -0.2) is 9.97 Å². The topological polar surface area (TPSA) is 45.8 Å². The van der Waals surface area contributed by atoms with Crippen molar-refractivity contribution < 1.29 is 0 Å². The van der Waals surface area contributed by atoms with Gasteiger partial charge in [0, 0.05) is 4.47 Å². The number of fused-ring (bicyclic) bond motifs is 1. The third-order valence-electron chi connectivity index (χ3n) is 1.62. The lowest BCUT2D eigenvalue weighted by atomic mass is 10.3.